The van der Waals surface area contributed by atoms with Gasteiger partial charge >= 0.3 is 0 Å². The molecule has 2 aromatic carbocycles. The van der Waals surface area contributed by atoms with Gasteiger partial charge in [0.1, 0.15) is 0 Å². The average Bonchev–Trinajstić information content (AvgIpc) is 3.23. The molecule has 0 unspecified atom stereocenters. The van der Waals surface area contributed by atoms with E-state index in [9.17, 15) is 14.4 Å². The van der Waals surface area contributed by atoms with Crippen LogP contribution in [-0.4, -0.2) is 35.9 Å². The Balaban J connectivity index is 1.75. The highest BCUT2D eigenvalue weighted by molar-refractivity contribution is 8.13. The molecule has 2 amide bonds. The van der Waals surface area contributed by atoms with Crippen molar-refractivity contribution < 1.29 is 14.4 Å². The summed E-state index contributed by atoms with van der Waals surface area (Å²) < 4.78 is 0. The standard InChI is InChI=1S/C21H18N2O3S2/c1-23(2)21(26)28-15-11-9-14(10-12-15)22-20(25)17-7-4-3-6-16(17)19(24)18-8-5-13-27-18/h3-13H,1-2H3,(H,22,25). The van der Waals surface area contributed by atoms with E-state index in [4.69, 9.17) is 0 Å². The van der Waals surface area contributed by atoms with Crippen LogP contribution >= 0.6 is 23.1 Å². The highest BCUT2D eigenvalue weighted by Gasteiger charge is 2.18. The fourth-order valence-electron chi connectivity index (χ4n) is 2.42. The van der Waals surface area contributed by atoms with Crippen molar-refractivity contribution in [3.63, 3.8) is 0 Å². The third kappa shape index (κ3) is 4.68. The maximum atomic E-state index is 12.7. The minimum absolute atomic E-state index is 0.0715. The van der Waals surface area contributed by atoms with Gasteiger partial charge in [0.25, 0.3) is 11.1 Å². The van der Waals surface area contributed by atoms with Gasteiger partial charge in [0.15, 0.2) is 0 Å². The Morgan fingerprint density at radius 2 is 1.57 bits per heavy atom. The minimum atomic E-state index is -0.356. The average molecular weight is 411 g/mol. The number of carbonyl (C=O) groups excluding carboxylic acids is 3. The lowest BCUT2D eigenvalue weighted by Gasteiger charge is -2.11. The third-order valence-electron chi connectivity index (χ3n) is 3.84. The van der Waals surface area contributed by atoms with Crippen LogP contribution in [0.2, 0.25) is 0 Å². The van der Waals surface area contributed by atoms with Gasteiger partial charge in [0.05, 0.1) is 10.4 Å². The van der Waals surface area contributed by atoms with E-state index in [1.807, 2.05) is 5.38 Å². The van der Waals surface area contributed by atoms with Crippen LogP contribution in [0.4, 0.5) is 10.5 Å². The molecule has 142 valence electrons. The predicted octanol–water partition coefficient (Wildman–Crippen LogP) is 5.01. The van der Waals surface area contributed by atoms with Gasteiger partial charge in [-0.1, -0.05) is 24.3 Å². The number of thioether (sulfide) groups is 1. The fourth-order valence-corrected chi connectivity index (χ4v) is 3.75. The first-order valence-electron chi connectivity index (χ1n) is 8.43. The molecule has 7 heteroatoms. The van der Waals surface area contributed by atoms with E-state index >= 15 is 0 Å². The van der Waals surface area contributed by atoms with Crippen molar-refractivity contribution in [2.75, 3.05) is 19.4 Å². The third-order valence-corrected chi connectivity index (χ3v) is 5.76. The molecular formula is C21H18N2O3S2. The van der Waals surface area contributed by atoms with E-state index in [1.165, 1.54) is 16.2 Å². The summed E-state index contributed by atoms with van der Waals surface area (Å²) >= 11 is 2.46. The Hall–Kier alpha value is -2.90. The molecule has 1 aromatic heterocycles. The lowest BCUT2D eigenvalue weighted by Crippen LogP contribution is -2.17. The molecule has 1 heterocycles. The zero-order valence-corrected chi connectivity index (χ0v) is 17.0. The largest absolute Gasteiger partial charge is 0.339 e. The van der Waals surface area contributed by atoms with Crippen LogP contribution in [0.15, 0.2) is 70.9 Å². The lowest BCUT2D eigenvalue weighted by atomic mass is 10.0. The number of nitrogens with one attached hydrogen (secondary N) is 1. The molecule has 0 atom stereocenters. The highest BCUT2D eigenvalue weighted by Crippen LogP contribution is 2.23. The number of rotatable bonds is 5. The van der Waals surface area contributed by atoms with Gasteiger partial charge in [-0.3, -0.25) is 14.4 Å². The quantitative estimate of drug-likeness (QED) is 0.475. The summed E-state index contributed by atoms with van der Waals surface area (Å²) in [4.78, 5) is 40.0. The van der Waals surface area contributed by atoms with Gasteiger partial charge in [0, 0.05) is 30.2 Å². The number of anilines is 1. The number of hydrogen-bond acceptors (Lipinski definition) is 5. The monoisotopic (exact) mass is 410 g/mol. The lowest BCUT2D eigenvalue weighted by molar-refractivity contribution is 0.0998. The molecule has 1 N–H and O–H groups in total. The van der Waals surface area contributed by atoms with Crippen molar-refractivity contribution >= 4 is 45.7 Å². The summed E-state index contributed by atoms with van der Waals surface area (Å²) in [6.45, 7) is 0. The van der Waals surface area contributed by atoms with Crippen LogP contribution in [0, 0.1) is 0 Å². The van der Waals surface area contributed by atoms with Crippen molar-refractivity contribution in [1.29, 1.82) is 0 Å². The second-order valence-electron chi connectivity index (χ2n) is 6.09. The van der Waals surface area contributed by atoms with Crippen molar-refractivity contribution in [3.05, 3.63) is 82.0 Å². The van der Waals surface area contributed by atoms with Gasteiger partial charge in [-0.25, -0.2) is 0 Å². The number of ketones is 1. The molecule has 0 spiro atoms. The molecule has 3 aromatic rings. The number of carbonyl (C=O) groups is 3. The van der Waals surface area contributed by atoms with E-state index < -0.39 is 0 Å². The fraction of sp³-hybridized carbons (Fsp3) is 0.0952. The summed E-state index contributed by atoms with van der Waals surface area (Å²) in [5.41, 5.74) is 1.28. The molecule has 0 aliphatic carbocycles. The molecule has 0 saturated heterocycles. The molecule has 0 aliphatic rings. The Labute approximate surface area is 171 Å². The van der Waals surface area contributed by atoms with Crippen LogP contribution in [-0.2, 0) is 0 Å². The van der Waals surface area contributed by atoms with E-state index in [0.717, 1.165) is 16.7 Å². The van der Waals surface area contributed by atoms with E-state index in [-0.39, 0.29) is 16.9 Å². The van der Waals surface area contributed by atoms with Crippen LogP contribution in [0.3, 0.4) is 0 Å². The van der Waals surface area contributed by atoms with Gasteiger partial charge in [-0.05, 0) is 53.5 Å². The maximum Gasteiger partial charge on any atom is 0.285 e. The van der Waals surface area contributed by atoms with E-state index in [0.29, 0.717) is 21.7 Å². The number of nitrogens with zero attached hydrogens (tertiary/aromatic N) is 1. The zero-order chi connectivity index (χ0) is 20.1. The molecule has 0 bridgehead atoms. The van der Waals surface area contributed by atoms with Gasteiger partial charge in [-0.15, -0.1) is 11.3 Å². The number of amides is 2. The van der Waals surface area contributed by atoms with Gasteiger partial charge in [0.2, 0.25) is 5.78 Å². The van der Waals surface area contributed by atoms with Gasteiger partial charge in [-0.2, -0.15) is 0 Å². The molecule has 0 saturated carbocycles. The molecule has 5 nitrogen and oxygen atoms in total. The number of hydrogen-bond donors (Lipinski definition) is 1. The second-order valence-corrected chi connectivity index (χ2v) is 8.07. The summed E-state index contributed by atoms with van der Waals surface area (Å²) in [6, 6.07) is 17.3. The summed E-state index contributed by atoms with van der Waals surface area (Å²) in [7, 11) is 3.39. The Morgan fingerprint density at radius 3 is 2.18 bits per heavy atom. The Kier molecular flexibility index (Phi) is 6.28. The van der Waals surface area contributed by atoms with Crippen LogP contribution in [0.5, 0.6) is 0 Å². The van der Waals surface area contributed by atoms with E-state index in [1.54, 1.807) is 74.8 Å². The second kappa shape index (κ2) is 8.86. The first-order chi connectivity index (χ1) is 13.5. The van der Waals surface area contributed by atoms with Crippen molar-refractivity contribution in [3.8, 4) is 0 Å². The Morgan fingerprint density at radius 1 is 0.893 bits per heavy atom. The topological polar surface area (TPSA) is 66.5 Å². The first-order valence-corrected chi connectivity index (χ1v) is 10.1. The molecule has 3 rings (SSSR count). The summed E-state index contributed by atoms with van der Waals surface area (Å²) in [5, 5.41) is 4.57. The smallest absolute Gasteiger partial charge is 0.285 e. The van der Waals surface area contributed by atoms with Crippen molar-refractivity contribution in [2.45, 2.75) is 4.90 Å². The number of thiophene rings is 1. The molecule has 28 heavy (non-hydrogen) atoms. The summed E-state index contributed by atoms with van der Waals surface area (Å²) in [6.07, 6.45) is 0. The zero-order valence-electron chi connectivity index (χ0n) is 15.3. The van der Waals surface area contributed by atoms with Gasteiger partial charge < -0.3 is 10.2 Å². The molecule has 0 aliphatic heterocycles. The van der Waals surface area contributed by atoms with Crippen LogP contribution in [0.1, 0.15) is 25.6 Å². The summed E-state index contributed by atoms with van der Waals surface area (Å²) in [5.74, 6) is -0.528. The molecule has 0 radical (unpaired) electrons. The SMILES string of the molecule is CN(C)C(=O)Sc1ccc(NC(=O)c2ccccc2C(=O)c2cccs2)cc1. The molecular weight excluding hydrogens is 392 g/mol. The Bertz CT molecular complexity index is 997. The van der Waals surface area contributed by atoms with Crippen LogP contribution in [0.25, 0.3) is 0 Å². The molecule has 0 fully saturated rings. The van der Waals surface area contributed by atoms with Crippen molar-refractivity contribution in [1.82, 2.24) is 4.90 Å². The predicted molar refractivity (Wildman–Crippen MR) is 114 cm³/mol. The first kappa shape index (κ1) is 19.9. The van der Waals surface area contributed by atoms with E-state index in [2.05, 4.69) is 5.32 Å². The highest BCUT2D eigenvalue weighted by atomic mass is 32.2. The van der Waals surface area contributed by atoms with Crippen LogP contribution < -0.4 is 5.32 Å². The maximum absolute atomic E-state index is 12.7. The van der Waals surface area contributed by atoms with Crippen molar-refractivity contribution in [2.24, 2.45) is 0 Å². The normalized spacial score (nSPS) is 10.4. The minimum Gasteiger partial charge on any atom is -0.339 e. The number of benzene rings is 2.